The molecule has 1 aliphatic heterocycles. The molecule has 6 nitrogen and oxygen atoms in total. The van der Waals surface area contributed by atoms with Crippen LogP contribution in [-0.2, 0) is 30.5 Å². The highest BCUT2D eigenvalue weighted by atomic mass is 16.5. The molecule has 1 aliphatic carbocycles. The number of fused-ring (bicyclic) bond motifs is 2. The monoisotopic (exact) mass is 499 g/mol. The fourth-order valence-electron chi connectivity index (χ4n) is 6.10. The molecule has 3 atom stereocenters. The first-order valence-electron chi connectivity index (χ1n) is 13.2. The number of amides is 1. The van der Waals surface area contributed by atoms with Gasteiger partial charge >= 0.3 is 0 Å². The number of hydrogen-bond donors (Lipinski definition) is 4. The number of carbonyl (C=O) groups is 1. The highest BCUT2D eigenvalue weighted by Gasteiger charge is 2.27. The van der Waals surface area contributed by atoms with Gasteiger partial charge < -0.3 is 26.2 Å². The van der Waals surface area contributed by atoms with E-state index >= 15 is 0 Å². The maximum absolute atomic E-state index is 13.1. The summed E-state index contributed by atoms with van der Waals surface area (Å²) in [5.74, 6) is 1.62. The molecule has 5 N–H and O–H groups in total. The Labute approximate surface area is 219 Å². The lowest BCUT2D eigenvalue weighted by Gasteiger charge is -2.29. The number of phenolic OH excluding ortho intramolecular Hbond substituents is 1. The fraction of sp³-hybridized carbons (Fsp3) is 0.387. The highest BCUT2D eigenvalue weighted by Crippen LogP contribution is 2.37. The lowest BCUT2D eigenvalue weighted by atomic mass is 9.91. The van der Waals surface area contributed by atoms with Gasteiger partial charge in [0.15, 0.2) is 0 Å². The van der Waals surface area contributed by atoms with Crippen LogP contribution in [0.25, 0.3) is 0 Å². The van der Waals surface area contributed by atoms with E-state index in [1.54, 1.807) is 19.2 Å². The number of hydrogen-bond acceptors (Lipinski definition) is 5. The molecule has 0 saturated carbocycles. The lowest BCUT2D eigenvalue weighted by molar-refractivity contribution is -0.123. The minimum atomic E-state index is -0.657. The number of rotatable bonds is 7. The Balaban J connectivity index is 1.27. The van der Waals surface area contributed by atoms with Crippen molar-refractivity contribution in [2.75, 3.05) is 19.0 Å². The van der Waals surface area contributed by atoms with Crippen LogP contribution < -0.4 is 21.1 Å². The van der Waals surface area contributed by atoms with Crippen molar-refractivity contribution in [3.63, 3.8) is 0 Å². The van der Waals surface area contributed by atoms with Crippen LogP contribution in [0.3, 0.4) is 0 Å². The van der Waals surface area contributed by atoms with Crippen LogP contribution in [0.2, 0.25) is 0 Å². The topological polar surface area (TPSA) is 96.6 Å². The second kappa shape index (κ2) is 10.5. The van der Waals surface area contributed by atoms with Crippen molar-refractivity contribution in [1.29, 1.82) is 0 Å². The second-order valence-electron chi connectivity index (χ2n) is 10.6. The Bertz CT molecular complexity index is 1300. The van der Waals surface area contributed by atoms with Gasteiger partial charge in [0.2, 0.25) is 5.91 Å². The molecule has 37 heavy (non-hydrogen) atoms. The largest absolute Gasteiger partial charge is 0.508 e. The van der Waals surface area contributed by atoms with Crippen LogP contribution in [0.1, 0.15) is 51.4 Å². The van der Waals surface area contributed by atoms with E-state index < -0.39 is 6.04 Å². The predicted octanol–water partition coefficient (Wildman–Crippen LogP) is 4.52. The van der Waals surface area contributed by atoms with E-state index in [4.69, 9.17) is 10.5 Å². The molecule has 0 aromatic heterocycles. The first-order chi connectivity index (χ1) is 17.8. The highest BCUT2D eigenvalue weighted by molar-refractivity contribution is 5.82. The Morgan fingerprint density at radius 1 is 1.16 bits per heavy atom. The molecule has 0 fully saturated rings. The van der Waals surface area contributed by atoms with Crippen molar-refractivity contribution in [1.82, 2.24) is 5.32 Å². The molecule has 3 aromatic rings. The van der Waals surface area contributed by atoms with Gasteiger partial charge in [0.1, 0.15) is 11.5 Å². The number of methoxy groups -OCH3 is 1. The molecule has 3 aromatic carbocycles. The maximum atomic E-state index is 13.1. The van der Waals surface area contributed by atoms with Gasteiger partial charge in [0.25, 0.3) is 0 Å². The Kier molecular flexibility index (Phi) is 7.11. The number of nitrogens with one attached hydrogen (secondary N) is 2. The second-order valence-corrected chi connectivity index (χ2v) is 10.6. The standard InChI is InChI=1S/C31H37N3O3/c1-18-11-23(35)12-19(2)24(18)17-27(32)31(36)34-29-9-10-33-28-8-7-20(15-26(28)29)13-21-14-22-5-4-6-30(37-3)25(22)16-21/h4-8,11-12,15,21,27,29,33,35H,9-10,13-14,16-17,32H2,1-3H3,(H,34,36)/t21?,27-,29+/m0/s1. The Hall–Kier alpha value is -3.51. The minimum absolute atomic E-state index is 0.0716. The molecular weight excluding hydrogens is 462 g/mol. The molecule has 5 rings (SSSR count). The van der Waals surface area contributed by atoms with Crippen LogP contribution in [0, 0.1) is 19.8 Å². The smallest absolute Gasteiger partial charge is 0.237 e. The van der Waals surface area contributed by atoms with Crippen molar-refractivity contribution in [2.24, 2.45) is 11.7 Å². The molecule has 0 radical (unpaired) electrons. The number of benzene rings is 3. The summed E-state index contributed by atoms with van der Waals surface area (Å²) in [4.78, 5) is 13.1. The number of aryl methyl sites for hydroxylation is 2. The molecule has 1 heterocycles. The van der Waals surface area contributed by atoms with Crippen molar-refractivity contribution in [3.8, 4) is 11.5 Å². The van der Waals surface area contributed by atoms with E-state index in [0.717, 1.165) is 65.9 Å². The summed E-state index contributed by atoms with van der Waals surface area (Å²) in [5, 5.41) is 16.5. The minimum Gasteiger partial charge on any atom is -0.508 e. The van der Waals surface area contributed by atoms with Gasteiger partial charge in [-0.2, -0.15) is 0 Å². The van der Waals surface area contributed by atoms with Gasteiger partial charge in [0.05, 0.1) is 19.2 Å². The van der Waals surface area contributed by atoms with Crippen LogP contribution in [-0.4, -0.2) is 30.7 Å². The van der Waals surface area contributed by atoms with Gasteiger partial charge in [-0.1, -0.05) is 24.3 Å². The zero-order chi connectivity index (χ0) is 26.1. The summed E-state index contributed by atoms with van der Waals surface area (Å²) in [6, 6.07) is 15.7. The van der Waals surface area contributed by atoms with Crippen molar-refractivity contribution >= 4 is 11.6 Å². The quantitative estimate of drug-likeness (QED) is 0.383. The molecule has 2 aliphatic rings. The first-order valence-corrected chi connectivity index (χ1v) is 13.2. The third-order valence-electron chi connectivity index (χ3n) is 7.97. The molecule has 0 spiro atoms. The molecule has 1 unspecified atom stereocenters. The summed E-state index contributed by atoms with van der Waals surface area (Å²) >= 11 is 0. The molecule has 1 amide bonds. The number of phenols is 1. The SMILES string of the molecule is COc1cccc2c1CC(Cc1ccc3c(c1)[C@H](NC(=O)[C@@H](N)Cc1c(C)cc(O)cc1C)CCN3)C2. The molecule has 0 bridgehead atoms. The summed E-state index contributed by atoms with van der Waals surface area (Å²) in [5.41, 5.74) is 15.5. The molecule has 6 heteroatoms. The zero-order valence-electron chi connectivity index (χ0n) is 21.9. The maximum Gasteiger partial charge on any atom is 0.237 e. The summed E-state index contributed by atoms with van der Waals surface area (Å²) in [6.45, 7) is 4.69. The van der Waals surface area contributed by atoms with Gasteiger partial charge in [-0.15, -0.1) is 0 Å². The predicted molar refractivity (Wildman–Crippen MR) is 147 cm³/mol. The number of anilines is 1. The molecule has 0 saturated heterocycles. The van der Waals surface area contributed by atoms with Crippen molar-refractivity contribution in [2.45, 2.75) is 58.0 Å². The molecule has 194 valence electrons. The number of nitrogens with two attached hydrogens (primary N) is 1. The fourth-order valence-corrected chi connectivity index (χ4v) is 6.10. The van der Waals surface area contributed by atoms with E-state index in [2.05, 4.69) is 41.0 Å². The third kappa shape index (κ3) is 5.30. The first kappa shape index (κ1) is 25.2. The Morgan fingerprint density at radius 2 is 1.95 bits per heavy atom. The van der Waals surface area contributed by atoms with Crippen LogP contribution in [0.5, 0.6) is 11.5 Å². The van der Waals surface area contributed by atoms with Gasteiger partial charge in [-0.3, -0.25) is 4.79 Å². The number of aromatic hydroxyl groups is 1. The normalized spacial score (nSPS) is 18.9. The van der Waals surface area contributed by atoms with E-state index in [9.17, 15) is 9.90 Å². The Morgan fingerprint density at radius 3 is 2.70 bits per heavy atom. The zero-order valence-corrected chi connectivity index (χ0v) is 21.9. The van der Waals surface area contributed by atoms with E-state index in [1.807, 2.05) is 19.9 Å². The van der Waals surface area contributed by atoms with Crippen LogP contribution >= 0.6 is 0 Å². The summed E-state index contributed by atoms with van der Waals surface area (Å²) < 4.78 is 5.59. The van der Waals surface area contributed by atoms with Crippen LogP contribution in [0.15, 0.2) is 48.5 Å². The van der Waals surface area contributed by atoms with Gasteiger partial charge in [-0.05, 0) is 115 Å². The van der Waals surface area contributed by atoms with Gasteiger partial charge in [0, 0.05) is 12.2 Å². The van der Waals surface area contributed by atoms with Crippen molar-refractivity contribution < 1.29 is 14.6 Å². The van der Waals surface area contributed by atoms with E-state index in [0.29, 0.717) is 12.3 Å². The number of carbonyl (C=O) groups excluding carboxylic acids is 1. The molecular formula is C31H37N3O3. The third-order valence-corrected chi connectivity index (χ3v) is 7.97. The average molecular weight is 500 g/mol. The van der Waals surface area contributed by atoms with E-state index in [-0.39, 0.29) is 17.7 Å². The van der Waals surface area contributed by atoms with Crippen molar-refractivity contribution in [3.05, 3.63) is 87.5 Å². The van der Waals surface area contributed by atoms with Gasteiger partial charge in [-0.25, -0.2) is 0 Å². The lowest BCUT2D eigenvalue weighted by Crippen LogP contribution is -2.44. The van der Waals surface area contributed by atoms with E-state index in [1.165, 1.54) is 16.7 Å². The summed E-state index contributed by atoms with van der Waals surface area (Å²) in [7, 11) is 1.74. The average Bonchev–Trinajstić information content (AvgIpc) is 3.28. The summed E-state index contributed by atoms with van der Waals surface area (Å²) in [6.07, 6.45) is 4.34. The number of ether oxygens (including phenoxy) is 1. The van der Waals surface area contributed by atoms with Crippen LogP contribution in [0.4, 0.5) is 5.69 Å².